The highest BCUT2D eigenvalue weighted by Crippen LogP contribution is 2.33. The Labute approximate surface area is 166 Å². The molecule has 0 fully saturated rings. The van der Waals surface area contributed by atoms with Gasteiger partial charge in [0.1, 0.15) is 12.6 Å². The highest BCUT2D eigenvalue weighted by Gasteiger charge is 2.21. The molecule has 27 heavy (non-hydrogen) atoms. The lowest BCUT2D eigenvalue weighted by Crippen LogP contribution is -3.00. The summed E-state index contributed by atoms with van der Waals surface area (Å²) in [4.78, 5) is 6.09. The summed E-state index contributed by atoms with van der Waals surface area (Å²) in [7, 11) is 2.16. The molecule has 0 aliphatic carbocycles. The van der Waals surface area contributed by atoms with Crippen molar-refractivity contribution in [2.24, 2.45) is 7.05 Å². The van der Waals surface area contributed by atoms with Crippen molar-refractivity contribution in [2.45, 2.75) is 13.8 Å². The smallest absolute Gasteiger partial charge is 0.240 e. The minimum absolute atomic E-state index is 0. The largest absolute Gasteiger partial charge is 1.00 e. The van der Waals surface area contributed by atoms with E-state index in [4.69, 9.17) is 0 Å². The SMILES string of the molecule is CCN(CC)CCNc1c2ccccc2[n+](C)c2c1[nH]c1ccccc12.[Cl-]. The zero-order valence-electron chi connectivity index (χ0n) is 16.2. The molecule has 0 saturated carbocycles. The van der Waals surface area contributed by atoms with Crippen LogP contribution in [0, 0.1) is 0 Å². The number of likely N-dealkylation sites (N-methyl/N-ethyl adjacent to an activating group) is 1. The van der Waals surface area contributed by atoms with Crippen LogP contribution in [0.3, 0.4) is 0 Å². The Bertz CT molecular complexity index is 1070. The molecule has 4 nitrogen and oxygen atoms in total. The number of aromatic amines is 1. The average molecular weight is 383 g/mol. The minimum atomic E-state index is 0. The molecule has 0 unspecified atom stereocenters. The Morgan fingerprint density at radius 1 is 0.963 bits per heavy atom. The molecular weight excluding hydrogens is 356 g/mol. The molecule has 2 aromatic carbocycles. The quantitative estimate of drug-likeness (QED) is 0.489. The van der Waals surface area contributed by atoms with E-state index in [1.807, 2.05) is 0 Å². The zero-order valence-corrected chi connectivity index (χ0v) is 17.0. The number of halogens is 1. The van der Waals surface area contributed by atoms with Crippen molar-refractivity contribution in [3.05, 3.63) is 48.5 Å². The first-order valence-electron chi connectivity index (χ1n) is 9.52. The lowest BCUT2D eigenvalue weighted by Gasteiger charge is -2.19. The third-order valence-electron chi connectivity index (χ3n) is 5.42. The number of nitrogens with zero attached hydrogens (tertiary/aromatic N) is 2. The highest BCUT2D eigenvalue weighted by molar-refractivity contribution is 6.13. The average Bonchev–Trinajstić information content (AvgIpc) is 3.07. The van der Waals surface area contributed by atoms with E-state index >= 15 is 0 Å². The number of H-pyrrole nitrogens is 1. The van der Waals surface area contributed by atoms with E-state index in [0.29, 0.717) is 0 Å². The number of fused-ring (bicyclic) bond motifs is 4. The third-order valence-corrected chi connectivity index (χ3v) is 5.42. The first kappa shape index (κ1) is 19.5. The number of benzene rings is 2. The summed E-state index contributed by atoms with van der Waals surface area (Å²) in [5, 5.41) is 6.26. The van der Waals surface area contributed by atoms with Crippen molar-refractivity contribution < 1.29 is 17.0 Å². The van der Waals surface area contributed by atoms with E-state index in [2.05, 4.69) is 89.2 Å². The number of aromatic nitrogens is 2. The van der Waals surface area contributed by atoms with Crippen molar-refractivity contribution in [1.29, 1.82) is 0 Å². The van der Waals surface area contributed by atoms with Crippen molar-refractivity contribution in [1.82, 2.24) is 9.88 Å². The maximum absolute atomic E-state index is 3.73. The number of hydrogen-bond donors (Lipinski definition) is 2. The molecule has 2 heterocycles. The first-order chi connectivity index (χ1) is 12.7. The van der Waals surface area contributed by atoms with Crippen LogP contribution in [0.5, 0.6) is 0 Å². The van der Waals surface area contributed by atoms with Gasteiger partial charge < -0.3 is 27.6 Å². The Morgan fingerprint density at radius 2 is 1.63 bits per heavy atom. The van der Waals surface area contributed by atoms with Crippen molar-refractivity contribution in [3.8, 4) is 0 Å². The normalized spacial score (nSPS) is 11.4. The topological polar surface area (TPSA) is 34.9 Å². The predicted octanol–water partition coefficient (Wildman–Crippen LogP) is 1.06. The predicted molar refractivity (Wildman–Crippen MR) is 111 cm³/mol. The minimum Gasteiger partial charge on any atom is -1.00 e. The summed E-state index contributed by atoms with van der Waals surface area (Å²) in [5.74, 6) is 0. The second-order valence-corrected chi connectivity index (χ2v) is 6.80. The van der Waals surface area contributed by atoms with Crippen molar-refractivity contribution >= 4 is 38.5 Å². The van der Waals surface area contributed by atoms with E-state index in [-0.39, 0.29) is 12.4 Å². The molecule has 2 aromatic heterocycles. The third kappa shape index (κ3) is 3.35. The standard InChI is InChI=1S/C22H26N4.ClH/c1-4-26(5-2)15-14-23-20-17-11-7-9-13-19(17)25(3)22-16-10-6-8-12-18(16)24-21(20)22;/h6-13H,4-5,14-15H2,1-3H3,(H,23,24);1H. The summed E-state index contributed by atoms with van der Waals surface area (Å²) in [6, 6.07) is 17.2. The van der Waals surface area contributed by atoms with E-state index in [1.54, 1.807) is 0 Å². The Balaban J connectivity index is 0.00000210. The van der Waals surface area contributed by atoms with Gasteiger partial charge in [0, 0.05) is 19.2 Å². The Hall–Kier alpha value is -2.30. The molecule has 0 atom stereocenters. The van der Waals surface area contributed by atoms with Crippen LogP contribution in [0.4, 0.5) is 5.69 Å². The van der Waals surface area contributed by atoms with E-state index in [0.717, 1.165) is 26.2 Å². The van der Waals surface area contributed by atoms with Crippen molar-refractivity contribution in [2.75, 3.05) is 31.5 Å². The summed E-state index contributed by atoms with van der Waals surface area (Å²) in [6.07, 6.45) is 0. The van der Waals surface area contributed by atoms with Gasteiger partial charge in [0.15, 0.2) is 0 Å². The van der Waals surface area contributed by atoms with Gasteiger partial charge >= 0.3 is 0 Å². The molecule has 5 heteroatoms. The van der Waals surface area contributed by atoms with E-state index in [1.165, 1.54) is 38.5 Å². The molecule has 0 radical (unpaired) electrons. The van der Waals surface area contributed by atoms with Crippen LogP contribution >= 0.6 is 0 Å². The number of pyridine rings is 1. The van der Waals surface area contributed by atoms with Gasteiger partial charge in [-0.05, 0) is 31.3 Å². The number of anilines is 1. The summed E-state index contributed by atoms with van der Waals surface area (Å²) in [5.41, 5.74) is 6.07. The maximum atomic E-state index is 3.73. The fourth-order valence-corrected chi connectivity index (χ4v) is 3.95. The van der Waals surface area contributed by atoms with Gasteiger partial charge in [0.05, 0.1) is 22.0 Å². The molecular formula is C22H27ClN4. The number of rotatable bonds is 6. The lowest BCUT2D eigenvalue weighted by atomic mass is 10.1. The van der Waals surface area contributed by atoms with Crippen molar-refractivity contribution in [3.63, 3.8) is 0 Å². The zero-order chi connectivity index (χ0) is 18.1. The summed E-state index contributed by atoms with van der Waals surface area (Å²) in [6.45, 7) is 8.59. The maximum Gasteiger partial charge on any atom is 0.240 e. The first-order valence-corrected chi connectivity index (χ1v) is 9.52. The summed E-state index contributed by atoms with van der Waals surface area (Å²) >= 11 is 0. The van der Waals surface area contributed by atoms with Crippen LogP contribution in [0.25, 0.3) is 32.8 Å². The Kier molecular flexibility index (Phi) is 5.88. The number of hydrogen-bond acceptors (Lipinski definition) is 2. The molecule has 0 bridgehead atoms. The van der Waals surface area contributed by atoms with Crippen LogP contribution in [0.2, 0.25) is 0 Å². The van der Waals surface area contributed by atoms with Crippen LogP contribution in [-0.2, 0) is 7.05 Å². The molecule has 4 rings (SSSR count). The molecule has 0 aliphatic heterocycles. The van der Waals surface area contributed by atoms with Gasteiger partial charge in [0.25, 0.3) is 0 Å². The molecule has 0 aliphatic rings. The van der Waals surface area contributed by atoms with E-state index < -0.39 is 0 Å². The van der Waals surface area contributed by atoms with E-state index in [9.17, 15) is 0 Å². The van der Waals surface area contributed by atoms with Crippen LogP contribution in [0.15, 0.2) is 48.5 Å². The molecule has 142 valence electrons. The fraction of sp³-hybridized carbons (Fsp3) is 0.318. The second kappa shape index (κ2) is 8.15. The van der Waals surface area contributed by atoms with Gasteiger partial charge in [-0.25, -0.2) is 0 Å². The van der Waals surface area contributed by atoms with Crippen LogP contribution in [0.1, 0.15) is 13.8 Å². The number of para-hydroxylation sites is 2. The fourth-order valence-electron chi connectivity index (χ4n) is 3.95. The molecule has 0 amide bonds. The van der Waals surface area contributed by atoms with Gasteiger partial charge in [-0.1, -0.05) is 38.1 Å². The summed E-state index contributed by atoms with van der Waals surface area (Å²) < 4.78 is 2.30. The van der Waals surface area contributed by atoms with Gasteiger partial charge in [-0.15, -0.1) is 0 Å². The van der Waals surface area contributed by atoms with Gasteiger partial charge in [-0.2, -0.15) is 4.57 Å². The molecule has 0 saturated heterocycles. The monoisotopic (exact) mass is 382 g/mol. The van der Waals surface area contributed by atoms with Crippen LogP contribution in [-0.4, -0.2) is 36.1 Å². The Morgan fingerprint density at radius 3 is 2.37 bits per heavy atom. The van der Waals surface area contributed by atoms with Gasteiger partial charge in [-0.3, -0.25) is 0 Å². The highest BCUT2D eigenvalue weighted by atomic mass is 35.5. The second-order valence-electron chi connectivity index (χ2n) is 6.80. The molecule has 2 N–H and O–H groups in total. The lowest BCUT2D eigenvalue weighted by molar-refractivity contribution is -0.616. The number of nitrogens with one attached hydrogen (secondary N) is 2. The molecule has 0 spiro atoms. The van der Waals surface area contributed by atoms with Crippen LogP contribution < -0.4 is 22.3 Å². The van der Waals surface area contributed by atoms with Gasteiger partial charge in [0.2, 0.25) is 11.0 Å². The molecule has 4 aromatic rings. The number of aryl methyl sites for hydroxylation is 1.